The Bertz CT molecular complexity index is 841. The van der Waals surface area contributed by atoms with Gasteiger partial charge in [0.05, 0.1) is 10.6 Å². The Balaban J connectivity index is 2.08. The van der Waals surface area contributed by atoms with E-state index in [1.165, 1.54) is 6.07 Å². The van der Waals surface area contributed by atoms with Crippen molar-refractivity contribution in [1.29, 1.82) is 0 Å². The van der Waals surface area contributed by atoms with Crippen molar-refractivity contribution in [1.82, 2.24) is 4.57 Å². The summed E-state index contributed by atoms with van der Waals surface area (Å²) in [5, 5.41) is 10.00. The molecule has 0 aliphatic carbocycles. The van der Waals surface area contributed by atoms with Gasteiger partial charge in [0.15, 0.2) is 0 Å². The van der Waals surface area contributed by atoms with Crippen LogP contribution in [0.1, 0.15) is 15.9 Å². The average Bonchev–Trinajstić information content (AvgIpc) is 2.82. The molecule has 3 nitrogen and oxygen atoms in total. The van der Waals surface area contributed by atoms with Gasteiger partial charge in [-0.1, -0.05) is 35.9 Å². The van der Waals surface area contributed by atoms with Crippen molar-refractivity contribution >= 4 is 28.5 Å². The van der Waals surface area contributed by atoms with Crippen molar-refractivity contribution in [2.75, 3.05) is 0 Å². The standard InChI is InChI=1S/C16H11ClFNO2/c17-13-7-10(5-6-14(13)18)8-19-9-12(16(20)21)11-3-1-2-4-15(11)19/h1-7,9H,8H2,(H,20,21). The third-order valence-corrected chi connectivity index (χ3v) is 3.65. The van der Waals surface area contributed by atoms with Crippen LogP contribution < -0.4 is 0 Å². The fourth-order valence-corrected chi connectivity index (χ4v) is 2.59. The number of para-hydroxylation sites is 1. The van der Waals surface area contributed by atoms with E-state index in [2.05, 4.69) is 0 Å². The van der Waals surface area contributed by atoms with Gasteiger partial charge in [-0.2, -0.15) is 0 Å². The minimum absolute atomic E-state index is 0.0578. The summed E-state index contributed by atoms with van der Waals surface area (Å²) in [6.07, 6.45) is 1.59. The predicted octanol–water partition coefficient (Wildman–Crippen LogP) is 4.18. The molecular formula is C16H11ClFNO2. The summed E-state index contributed by atoms with van der Waals surface area (Å²) < 4.78 is 15.0. The number of rotatable bonds is 3. The highest BCUT2D eigenvalue weighted by Gasteiger charge is 2.14. The second-order valence-electron chi connectivity index (χ2n) is 4.74. The van der Waals surface area contributed by atoms with Gasteiger partial charge in [-0.25, -0.2) is 9.18 Å². The third kappa shape index (κ3) is 2.50. The van der Waals surface area contributed by atoms with Crippen molar-refractivity contribution < 1.29 is 14.3 Å². The van der Waals surface area contributed by atoms with E-state index in [1.54, 1.807) is 30.5 Å². The first kappa shape index (κ1) is 13.6. The summed E-state index contributed by atoms with van der Waals surface area (Å²) in [5.74, 6) is -1.44. The maximum absolute atomic E-state index is 13.2. The molecule has 0 amide bonds. The number of halogens is 2. The summed E-state index contributed by atoms with van der Waals surface area (Å²) in [6, 6.07) is 11.8. The van der Waals surface area contributed by atoms with Gasteiger partial charge in [0.2, 0.25) is 0 Å². The SMILES string of the molecule is O=C(O)c1cn(Cc2ccc(F)c(Cl)c2)c2ccccc12. The average molecular weight is 304 g/mol. The van der Waals surface area contributed by atoms with E-state index < -0.39 is 11.8 Å². The van der Waals surface area contributed by atoms with Crippen molar-refractivity contribution in [2.45, 2.75) is 6.54 Å². The fraction of sp³-hybridized carbons (Fsp3) is 0.0625. The highest BCUT2D eigenvalue weighted by molar-refractivity contribution is 6.30. The van der Waals surface area contributed by atoms with Crippen LogP contribution in [-0.2, 0) is 6.54 Å². The van der Waals surface area contributed by atoms with Gasteiger partial charge < -0.3 is 9.67 Å². The Morgan fingerprint density at radius 1 is 1.24 bits per heavy atom. The molecule has 0 unspecified atom stereocenters. The Labute approximate surface area is 125 Å². The van der Waals surface area contributed by atoms with Crippen LogP contribution >= 0.6 is 11.6 Å². The Kier molecular flexibility index (Phi) is 3.39. The minimum Gasteiger partial charge on any atom is -0.478 e. The molecule has 3 aromatic rings. The number of aromatic nitrogens is 1. The van der Waals surface area contributed by atoms with Crippen LogP contribution in [0.5, 0.6) is 0 Å². The molecule has 0 aliphatic heterocycles. The lowest BCUT2D eigenvalue weighted by atomic mass is 10.2. The first-order valence-corrected chi connectivity index (χ1v) is 6.69. The predicted molar refractivity (Wildman–Crippen MR) is 79.4 cm³/mol. The first-order valence-electron chi connectivity index (χ1n) is 6.31. The zero-order chi connectivity index (χ0) is 15.0. The van der Waals surface area contributed by atoms with Crippen LogP contribution in [0.25, 0.3) is 10.9 Å². The normalized spacial score (nSPS) is 11.0. The van der Waals surface area contributed by atoms with E-state index in [0.29, 0.717) is 11.9 Å². The maximum Gasteiger partial charge on any atom is 0.337 e. The lowest BCUT2D eigenvalue weighted by Gasteiger charge is -2.06. The lowest BCUT2D eigenvalue weighted by molar-refractivity contribution is 0.0699. The van der Waals surface area contributed by atoms with E-state index in [4.69, 9.17) is 11.6 Å². The topological polar surface area (TPSA) is 42.2 Å². The Morgan fingerprint density at radius 2 is 2.00 bits per heavy atom. The van der Waals surface area contributed by atoms with Crippen LogP contribution in [0.4, 0.5) is 4.39 Å². The quantitative estimate of drug-likeness (QED) is 0.788. The molecule has 0 aliphatic rings. The molecule has 106 valence electrons. The van der Waals surface area contributed by atoms with Gasteiger partial charge in [-0.15, -0.1) is 0 Å². The number of hydrogen-bond acceptors (Lipinski definition) is 1. The summed E-state index contributed by atoms with van der Waals surface area (Å²) >= 11 is 5.78. The van der Waals surface area contributed by atoms with Gasteiger partial charge in [0.1, 0.15) is 5.82 Å². The molecule has 0 spiro atoms. The molecule has 21 heavy (non-hydrogen) atoms. The molecular weight excluding hydrogens is 293 g/mol. The smallest absolute Gasteiger partial charge is 0.337 e. The van der Waals surface area contributed by atoms with Gasteiger partial charge >= 0.3 is 5.97 Å². The van der Waals surface area contributed by atoms with Gasteiger partial charge in [0, 0.05) is 23.6 Å². The summed E-state index contributed by atoms with van der Waals surface area (Å²) in [5.41, 5.74) is 1.87. The number of aromatic carboxylic acids is 1. The molecule has 5 heteroatoms. The lowest BCUT2D eigenvalue weighted by Crippen LogP contribution is -1.99. The molecule has 0 atom stereocenters. The largest absolute Gasteiger partial charge is 0.478 e. The zero-order valence-corrected chi connectivity index (χ0v) is 11.6. The highest BCUT2D eigenvalue weighted by atomic mass is 35.5. The van der Waals surface area contributed by atoms with Crippen LogP contribution in [0.3, 0.4) is 0 Å². The molecule has 1 heterocycles. The zero-order valence-electron chi connectivity index (χ0n) is 10.9. The van der Waals surface area contributed by atoms with Gasteiger partial charge in [-0.05, 0) is 23.8 Å². The van der Waals surface area contributed by atoms with E-state index in [1.807, 2.05) is 16.7 Å². The van der Waals surface area contributed by atoms with Crippen molar-refractivity contribution in [3.63, 3.8) is 0 Å². The molecule has 2 aromatic carbocycles. The van der Waals surface area contributed by atoms with E-state index in [0.717, 1.165) is 11.1 Å². The van der Waals surface area contributed by atoms with E-state index in [-0.39, 0.29) is 10.6 Å². The Hall–Kier alpha value is -2.33. The molecule has 1 aromatic heterocycles. The van der Waals surface area contributed by atoms with Crippen molar-refractivity contribution in [3.05, 3.63) is 70.6 Å². The van der Waals surface area contributed by atoms with Crippen molar-refractivity contribution in [3.8, 4) is 0 Å². The molecule has 0 fully saturated rings. The minimum atomic E-state index is -0.970. The number of nitrogens with zero attached hydrogens (tertiary/aromatic N) is 1. The number of fused-ring (bicyclic) bond motifs is 1. The molecule has 0 radical (unpaired) electrons. The van der Waals surface area contributed by atoms with Crippen LogP contribution in [0.15, 0.2) is 48.7 Å². The van der Waals surface area contributed by atoms with E-state index in [9.17, 15) is 14.3 Å². The monoisotopic (exact) mass is 303 g/mol. The molecule has 0 bridgehead atoms. The highest BCUT2D eigenvalue weighted by Crippen LogP contribution is 2.23. The number of carboxylic acids is 1. The summed E-state index contributed by atoms with van der Waals surface area (Å²) in [4.78, 5) is 11.3. The Morgan fingerprint density at radius 3 is 2.71 bits per heavy atom. The molecule has 1 N–H and O–H groups in total. The van der Waals surface area contributed by atoms with Crippen LogP contribution in [0, 0.1) is 5.82 Å². The van der Waals surface area contributed by atoms with Crippen LogP contribution in [-0.4, -0.2) is 15.6 Å². The second-order valence-corrected chi connectivity index (χ2v) is 5.15. The first-order chi connectivity index (χ1) is 10.1. The number of carboxylic acid groups (broad SMARTS) is 1. The molecule has 0 saturated carbocycles. The molecule has 0 saturated heterocycles. The maximum atomic E-state index is 13.2. The second kappa shape index (κ2) is 5.22. The van der Waals surface area contributed by atoms with Gasteiger partial charge in [0.25, 0.3) is 0 Å². The van der Waals surface area contributed by atoms with E-state index >= 15 is 0 Å². The third-order valence-electron chi connectivity index (χ3n) is 3.36. The molecule has 3 rings (SSSR count). The fourth-order valence-electron chi connectivity index (χ4n) is 2.38. The van der Waals surface area contributed by atoms with Crippen LogP contribution in [0.2, 0.25) is 5.02 Å². The van der Waals surface area contributed by atoms with Gasteiger partial charge in [-0.3, -0.25) is 0 Å². The summed E-state index contributed by atoms with van der Waals surface area (Å²) in [6.45, 7) is 0.424. The van der Waals surface area contributed by atoms with Crippen molar-refractivity contribution in [2.24, 2.45) is 0 Å². The number of benzene rings is 2. The number of carbonyl (C=O) groups is 1. The number of hydrogen-bond donors (Lipinski definition) is 1. The summed E-state index contributed by atoms with van der Waals surface area (Å²) in [7, 11) is 0.